The van der Waals surface area contributed by atoms with E-state index in [1.165, 1.54) is 0 Å². The fraction of sp³-hybridized carbons (Fsp3) is 0.381. The van der Waals surface area contributed by atoms with E-state index in [4.69, 9.17) is 9.47 Å². The molecule has 1 heterocycles. The third kappa shape index (κ3) is 4.34. The molecule has 0 spiro atoms. The summed E-state index contributed by atoms with van der Waals surface area (Å²) in [6.45, 7) is 5.53. The van der Waals surface area contributed by atoms with Gasteiger partial charge in [-0.1, -0.05) is 19.1 Å². The molecule has 27 heavy (non-hydrogen) atoms. The minimum absolute atomic E-state index is 0.0989. The molecule has 0 aliphatic heterocycles. The van der Waals surface area contributed by atoms with Gasteiger partial charge in [0.1, 0.15) is 24.2 Å². The Morgan fingerprint density at radius 1 is 0.926 bits per heavy atom. The molecular weight excluding hydrogens is 344 g/mol. The van der Waals surface area contributed by atoms with Crippen LogP contribution >= 0.6 is 0 Å². The van der Waals surface area contributed by atoms with Gasteiger partial charge in [0.25, 0.3) is 0 Å². The number of rotatable bonds is 9. The summed E-state index contributed by atoms with van der Waals surface area (Å²) in [7, 11) is 0. The molecule has 0 saturated heterocycles. The van der Waals surface area contributed by atoms with Crippen LogP contribution in [0.3, 0.4) is 0 Å². The minimum Gasteiger partial charge on any atom is -0.494 e. The SMILES string of the molecule is CCCn1c(=O)n(C[C@@H](O)COc2ccc(OCC)cc2)c2ccccc21. The Morgan fingerprint density at radius 3 is 2.11 bits per heavy atom. The average molecular weight is 370 g/mol. The lowest BCUT2D eigenvalue weighted by molar-refractivity contribution is 0.0924. The predicted molar refractivity (Wildman–Crippen MR) is 106 cm³/mol. The number of aromatic nitrogens is 2. The maximum absolute atomic E-state index is 12.7. The Hall–Kier alpha value is -2.73. The standard InChI is InChI=1S/C21H26N2O4/c1-3-13-22-19-7-5-6-8-20(19)23(21(22)25)14-16(24)15-27-18-11-9-17(10-12-18)26-4-2/h5-12,16,24H,3-4,13-15H2,1-2H3/t16-/m1/s1. The smallest absolute Gasteiger partial charge is 0.329 e. The number of para-hydroxylation sites is 2. The number of benzene rings is 2. The molecule has 0 unspecified atom stereocenters. The molecule has 0 saturated carbocycles. The zero-order valence-corrected chi connectivity index (χ0v) is 15.8. The third-order valence-electron chi connectivity index (χ3n) is 4.34. The predicted octanol–water partition coefficient (Wildman–Crippen LogP) is 3.05. The van der Waals surface area contributed by atoms with E-state index in [0.29, 0.717) is 18.9 Å². The van der Waals surface area contributed by atoms with E-state index in [-0.39, 0.29) is 18.8 Å². The average Bonchev–Trinajstić information content (AvgIpc) is 2.94. The second-order valence-electron chi connectivity index (χ2n) is 6.40. The monoisotopic (exact) mass is 370 g/mol. The van der Waals surface area contributed by atoms with Gasteiger partial charge < -0.3 is 14.6 Å². The largest absolute Gasteiger partial charge is 0.494 e. The second-order valence-corrected chi connectivity index (χ2v) is 6.40. The first-order valence-electron chi connectivity index (χ1n) is 9.35. The van der Waals surface area contributed by atoms with Gasteiger partial charge in [-0.3, -0.25) is 9.13 Å². The summed E-state index contributed by atoms with van der Waals surface area (Å²) in [5.74, 6) is 1.43. The van der Waals surface area contributed by atoms with Crippen molar-refractivity contribution in [2.45, 2.75) is 39.5 Å². The molecule has 0 fully saturated rings. The van der Waals surface area contributed by atoms with Crippen LogP contribution in [0, 0.1) is 0 Å². The maximum atomic E-state index is 12.7. The van der Waals surface area contributed by atoms with Crippen LogP contribution in [0.5, 0.6) is 11.5 Å². The Labute approximate surface area is 158 Å². The van der Waals surface area contributed by atoms with Crippen LogP contribution in [0.15, 0.2) is 53.3 Å². The van der Waals surface area contributed by atoms with Crippen molar-refractivity contribution >= 4 is 11.0 Å². The molecule has 1 N–H and O–H groups in total. The van der Waals surface area contributed by atoms with E-state index >= 15 is 0 Å². The minimum atomic E-state index is -0.796. The van der Waals surface area contributed by atoms with Crippen molar-refractivity contribution < 1.29 is 14.6 Å². The number of aliphatic hydroxyl groups excluding tert-OH is 1. The van der Waals surface area contributed by atoms with E-state index in [2.05, 4.69) is 0 Å². The van der Waals surface area contributed by atoms with Crippen LogP contribution in [0.4, 0.5) is 0 Å². The lowest BCUT2D eigenvalue weighted by Gasteiger charge is -2.13. The molecule has 2 aromatic carbocycles. The van der Waals surface area contributed by atoms with E-state index in [9.17, 15) is 9.90 Å². The van der Waals surface area contributed by atoms with Gasteiger partial charge >= 0.3 is 5.69 Å². The van der Waals surface area contributed by atoms with Gasteiger partial charge in [0.2, 0.25) is 0 Å². The highest BCUT2D eigenvalue weighted by Crippen LogP contribution is 2.18. The zero-order valence-electron chi connectivity index (χ0n) is 15.8. The Kier molecular flexibility index (Phi) is 6.19. The van der Waals surface area contributed by atoms with Gasteiger partial charge in [-0.25, -0.2) is 4.79 Å². The van der Waals surface area contributed by atoms with Crippen LogP contribution in [0.1, 0.15) is 20.3 Å². The summed E-state index contributed by atoms with van der Waals surface area (Å²) in [4.78, 5) is 12.7. The molecule has 6 heteroatoms. The molecule has 1 atom stereocenters. The van der Waals surface area contributed by atoms with Gasteiger partial charge in [0, 0.05) is 6.54 Å². The van der Waals surface area contributed by atoms with Gasteiger partial charge in [0.15, 0.2) is 0 Å². The van der Waals surface area contributed by atoms with Crippen molar-refractivity contribution in [2.75, 3.05) is 13.2 Å². The number of fused-ring (bicyclic) bond motifs is 1. The Bertz CT molecular complexity index is 927. The molecule has 0 bridgehead atoms. The molecule has 3 aromatic rings. The van der Waals surface area contributed by atoms with E-state index in [0.717, 1.165) is 23.2 Å². The van der Waals surface area contributed by atoms with E-state index in [1.54, 1.807) is 21.3 Å². The van der Waals surface area contributed by atoms with Crippen molar-refractivity contribution in [3.8, 4) is 11.5 Å². The third-order valence-corrected chi connectivity index (χ3v) is 4.34. The maximum Gasteiger partial charge on any atom is 0.329 e. The van der Waals surface area contributed by atoms with Crippen molar-refractivity contribution in [3.63, 3.8) is 0 Å². The van der Waals surface area contributed by atoms with Gasteiger partial charge in [-0.2, -0.15) is 0 Å². The van der Waals surface area contributed by atoms with Gasteiger partial charge in [-0.05, 0) is 49.7 Å². The lowest BCUT2D eigenvalue weighted by atomic mass is 10.3. The molecule has 1 aromatic heterocycles. The first-order chi connectivity index (χ1) is 13.1. The van der Waals surface area contributed by atoms with Crippen LogP contribution in [0.2, 0.25) is 0 Å². The number of ether oxygens (including phenoxy) is 2. The van der Waals surface area contributed by atoms with Crippen LogP contribution in [0.25, 0.3) is 11.0 Å². The van der Waals surface area contributed by atoms with Crippen molar-refractivity contribution in [1.29, 1.82) is 0 Å². The first kappa shape index (κ1) is 19.0. The highest BCUT2D eigenvalue weighted by atomic mass is 16.5. The van der Waals surface area contributed by atoms with Gasteiger partial charge in [-0.15, -0.1) is 0 Å². The summed E-state index contributed by atoms with van der Waals surface area (Å²) in [5.41, 5.74) is 1.62. The highest BCUT2D eigenvalue weighted by molar-refractivity contribution is 5.76. The number of aliphatic hydroxyl groups is 1. The summed E-state index contributed by atoms with van der Waals surface area (Å²) < 4.78 is 14.4. The van der Waals surface area contributed by atoms with Crippen molar-refractivity contribution in [3.05, 3.63) is 59.0 Å². The normalized spacial score (nSPS) is 12.3. The molecule has 6 nitrogen and oxygen atoms in total. The quantitative estimate of drug-likeness (QED) is 0.629. The fourth-order valence-corrected chi connectivity index (χ4v) is 3.14. The van der Waals surface area contributed by atoms with Crippen LogP contribution < -0.4 is 15.2 Å². The number of imidazole rings is 1. The van der Waals surface area contributed by atoms with Crippen LogP contribution in [-0.2, 0) is 13.1 Å². The Balaban J connectivity index is 1.70. The topological polar surface area (TPSA) is 65.6 Å². The van der Waals surface area contributed by atoms with Crippen molar-refractivity contribution in [1.82, 2.24) is 9.13 Å². The summed E-state index contributed by atoms with van der Waals surface area (Å²) in [6.07, 6.45) is 0.0762. The van der Waals surface area contributed by atoms with Crippen molar-refractivity contribution in [2.24, 2.45) is 0 Å². The second kappa shape index (κ2) is 8.77. The van der Waals surface area contributed by atoms with E-state index < -0.39 is 6.10 Å². The number of nitrogens with zero attached hydrogens (tertiary/aromatic N) is 2. The molecule has 0 aliphatic rings. The van der Waals surface area contributed by atoms with Gasteiger partial charge in [0.05, 0.1) is 24.2 Å². The first-order valence-corrected chi connectivity index (χ1v) is 9.35. The summed E-state index contributed by atoms with van der Waals surface area (Å²) in [6, 6.07) is 14.9. The number of hydrogen-bond acceptors (Lipinski definition) is 4. The molecule has 3 rings (SSSR count). The zero-order chi connectivity index (χ0) is 19.2. The lowest BCUT2D eigenvalue weighted by Crippen LogP contribution is -2.31. The summed E-state index contributed by atoms with van der Waals surface area (Å²) in [5, 5.41) is 10.4. The highest BCUT2D eigenvalue weighted by Gasteiger charge is 2.15. The number of hydrogen-bond donors (Lipinski definition) is 1. The number of aryl methyl sites for hydroxylation is 1. The van der Waals surface area contributed by atoms with E-state index in [1.807, 2.05) is 50.2 Å². The fourth-order valence-electron chi connectivity index (χ4n) is 3.14. The molecular formula is C21H26N2O4. The molecule has 144 valence electrons. The van der Waals surface area contributed by atoms with Crippen LogP contribution in [-0.4, -0.2) is 33.6 Å². The molecule has 0 amide bonds. The molecule has 0 radical (unpaired) electrons. The summed E-state index contributed by atoms with van der Waals surface area (Å²) >= 11 is 0. The Morgan fingerprint density at radius 2 is 1.52 bits per heavy atom. The molecule has 0 aliphatic carbocycles.